The number of benzene rings is 2. The van der Waals surface area contributed by atoms with Crippen molar-refractivity contribution in [3.05, 3.63) is 59.7 Å². The maximum Gasteiger partial charge on any atom is 0.408 e. The summed E-state index contributed by atoms with van der Waals surface area (Å²) < 4.78 is 5.38. The van der Waals surface area contributed by atoms with Crippen molar-refractivity contribution in [1.82, 2.24) is 10.6 Å². The lowest BCUT2D eigenvalue weighted by atomic mass is 9.93. The molecule has 1 aliphatic heterocycles. The summed E-state index contributed by atoms with van der Waals surface area (Å²) in [7, 11) is 0. The third kappa shape index (κ3) is 2.55. The van der Waals surface area contributed by atoms with E-state index < -0.39 is 17.6 Å². The lowest BCUT2D eigenvalue weighted by molar-refractivity contribution is -0.146. The number of rotatable bonds is 4. The number of hydrogen-bond donors (Lipinski definition) is 3. The average molecular weight is 338 g/mol. The molecule has 0 aromatic heterocycles. The lowest BCUT2D eigenvalue weighted by Gasteiger charge is -2.38. The molecule has 4 rings (SSSR count). The summed E-state index contributed by atoms with van der Waals surface area (Å²) in [5, 5.41) is 14.6. The van der Waals surface area contributed by atoms with E-state index in [1.807, 2.05) is 36.4 Å². The van der Waals surface area contributed by atoms with Crippen LogP contribution < -0.4 is 10.6 Å². The number of nitrogens with one attached hydrogen (secondary N) is 2. The number of hydrogen-bond acceptors (Lipinski definition) is 4. The normalized spacial score (nSPS) is 17.1. The highest BCUT2D eigenvalue weighted by atomic mass is 16.5. The van der Waals surface area contributed by atoms with Crippen LogP contribution in [0.15, 0.2) is 48.5 Å². The van der Waals surface area contributed by atoms with Gasteiger partial charge in [-0.25, -0.2) is 9.59 Å². The van der Waals surface area contributed by atoms with E-state index in [4.69, 9.17) is 4.74 Å². The highest BCUT2D eigenvalue weighted by molar-refractivity contribution is 5.86. The van der Waals surface area contributed by atoms with Crippen LogP contribution in [0.2, 0.25) is 0 Å². The molecule has 1 aliphatic carbocycles. The standard InChI is InChI=1S/C19H18N2O4/c22-17(23)19(10-20-11-19)21-18(24)25-9-16-14-7-3-1-5-12(14)13-6-2-4-8-15(13)16/h1-8,16,20H,9-11H2,(H,21,24)(H,22,23). The molecule has 2 aromatic rings. The SMILES string of the molecule is O=C(NC1(C(=O)O)CNC1)OCC1c2ccccc2-c2ccccc21. The summed E-state index contributed by atoms with van der Waals surface area (Å²) in [6, 6.07) is 16.1. The Hall–Kier alpha value is -2.86. The van der Waals surface area contributed by atoms with Crippen molar-refractivity contribution in [3.8, 4) is 11.1 Å². The maximum absolute atomic E-state index is 12.1. The van der Waals surface area contributed by atoms with Gasteiger partial charge in [-0.15, -0.1) is 0 Å². The highest BCUT2D eigenvalue weighted by Gasteiger charge is 2.46. The zero-order chi connectivity index (χ0) is 17.4. The molecule has 6 heteroatoms. The lowest BCUT2D eigenvalue weighted by Crippen LogP contribution is -2.73. The van der Waals surface area contributed by atoms with Crippen LogP contribution in [-0.2, 0) is 9.53 Å². The minimum absolute atomic E-state index is 0.0431. The van der Waals surface area contributed by atoms with Gasteiger partial charge in [0.15, 0.2) is 5.54 Å². The van der Waals surface area contributed by atoms with Crippen LogP contribution in [0.5, 0.6) is 0 Å². The number of carbonyl (C=O) groups is 2. The van der Waals surface area contributed by atoms with Crippen molar-refractivity contribution in [3.63, 3.8) is 0 Å². The van der Waals surface area contributed by atoms with Gasteiger partial charge >= 0.3 is 12.1 Å². The first-order chi connectivity index (χ1) is 12.1. The molecule has 1 fully saturated rings. The zero-order valence-electron chi connectivity index (χ0n) is 13.5. The summed E-state index contributed by atoms with van der Waals surface area (Å²) in [4.78, 5) is 23.4. The topological polar surface area (TPSA) is 87.7 Å². The van der Waals surface area contributed by atoms with Crippen molar-refractivity contribution in [2.75, 3.05) is 19.7 Å². The first-order valence-corrected chi connectivity index (χ1v) is 8.18. The van der Waals surface area contributed by atoms with Crippen LogP contribution in [0.4, 0.5) is 4.79 Å². The first-order valence-electron chi connectivity index (χ1n) is 8.18. The Morgan fingerprint density at radius 2 is 1.64 bits per heavy atom. The van der Waals surface area contributed by atoms with E-state index in [2.05, 4.69) is 22.8 Å². The van der Waals surface area contributed by atoms with Gasteiger partial charge in [-0.1, -0.05) is 48.5 Å². The van der Waals surface area contributed by atoms with E-state index in [1.54, 1.807) is 0 Å². The molecule has 0 atom stereocenters. The van der Waals surface area contributed by atoms with E-state index >= 15 is 0 Å². The monoisotopic (exact) mass is 338 g/mol. The van der Waals surface area contributed by atoms with Crippen LogP contribution in [-0.4, -0.2) is 42.4 Å². The summed E-state index contributed by atoms with van der Waals surface area (Å²) in [5.41, 5.74) is 3.28. The Morgan fingerprint density at radius 3 is 2.12 bits per heavy atom. The Balaban J connectivity index is 1.50. The Bertz CT molecular complexity index is 799. The third-order valence-electron chi connectivity index (χ3n) is 4.95. The quantitative estimate of drug-likeness (QED) is 0.793. The number of fused-ring (bicyclic) bond motifs is 3. The van der Waals surface area contributed by atoms with E-state index in [1.165, 1.54) is 0 Å². The molecule has 128 valence electrons. The molecular weight excluding hydrogens is 320 g/mol. The highest BCUT2D eigenvalue weighted by Crippen LogP contribution is 2.44. The third-order valence-corrected chi connectivity index (χ3v) is 4.95. The molecule has 3 N–H and O–H groups in total. The fraction of sp³-hybridized carbons (Fsp3) is 0.263. The molecule has 0 saturated carbocycles. The van der Waals surface area contributed by atoms with Gasteiger partial charge in [0, 0.05) is 19.0 Å². The number of carboxylic acids is 1. The molecule has 0 unspecified atom stereocenters. The van der Waals surface area contributed by atoms with Crippen molar-refractivity contribution in [2.24, 2.45) is 0 Å². The van der Waals surface area contributed by atoms with Crippen LogP contribution in [0.25, 0.3) is 11.1 Å². The number of ether oxygens (including phenoxy) is 1. The molecule has 6 nitrogen and oxygen atoms in total. The van der Waals surface area contributed by atoms with Crippen molar-refractivity contribution >= 4 is 12.1 Å². The van der Waals surface area contributed by atoms with Gasteiger partial charge in [-0.2, -0.15) is 0 Å². The number of alkyl carbamates (subject to hydrolysis) is 1. The Kier molecular flexibility index (Phi) is 3.69. The van der Waals surface area contributed by atoms with E-state index in [9.17, 15) is 14.7 Å². The van der Waals surface area contributed by atoms with Crippen LogP contribution in [0, 0.1) is 0 Å². The van der Waals surface area contributed by atoms with Gasteiger partial charge in [0.05, 0.1) is 0 Å². The van der Waals surface area contributed by atoms with E-state index in [0.29, 0.717) is 0 Å². The van der Waals surface area contributed by atoms with Crippen LogP contribution in [0.1, 0.15) is 17.0 Å². The van der Waals surface area contributed by atoms with Gasteiger partial charge in [0.25, 0.3) is 0 Å². The molecule has 0 spiro atoms. The largest absolute Gasteiger partial charge is 0.479 e. The van der Waals surface area contributed by atoms with E-state index in [0.717, 1.165) is 22.3 Å². The van der Waals surface area contributed by atoms with Crippen molar-refractivity contribution in [2.45, 2.75) is 11.5 Å². The van der Waals surface area contributed by atoms with Crippen molar-refractivity contribution < 1.29 is 19.4 Å². The molecular formula is C19H18N2O4. The van der Waals surface area contributed by atoms with Gasteiger partial charge in [-0.3, -0.25) is 0 Å². The molecule has 1 amide bonds. The molecule has 2 aromatic carbocycles. The second-order valence-corrected chi connectivity index (χ2v) is 6.44. The summed E-state index contributed by atoms with van der Waals surface area (Å²) >= 11 is 0. The predicted molar refractivity (Wildman–Crippen MR) is 91.4 cm³/mol. The minimum atomic E-state index is -1.26. The van der Waals surface area contributed by atoms with E-state index in [-0.39, 0.29) is 25.6 Å². The summed E-state index contributed by atoms with van der Waals surface area (Å²) in [6.07, 6.45) is -0.703. The average Bonchev–Trinajstić information content (AvgIpc) is 2.90. The Morgan fingerprint density at radius 1 is 1.08 bits per heavy atom. The van der Waals surface area contributed by atoms with Gasteiger partial charge < -0.3 is 20.5 Å². The fourth-order valence-corrected chi connectivity index (χ4v) is 3.50. The first kappa shape index (κ1) is 15.7. The minimum Gasteiger partial charge on any atom is -0.479 e. The van der Waals surface area contributed by atoms with Gasteiger partial charge in [0.2, 0.25) is 0 Å². The Labute approximate surface area is 144 Å². The maximum atomic E-state index is 12.1. The fourth-order valence-electron chi connectivity index (χ4n) is 3.50. The predicted octanol–water partition coefficient (Wildman–Crippen LogP) is 1.95. The second kappa shape index (κ2) is 5.89. The summed E-state index contributed by atoms with van der Waals surface area (Å²) in [5.74, 6) is -1.10. The number of carbonyl (C=O) groups excluding carboxylic acids is 1. The molecule has 25 heavy (non-hydrogen) atoms. The zero-order valence-corrected chi connectivity index (χ0v) is 13.5. The summed E-state index contributed by atoms with van der Waals surface area (Å²) in [6.45, 7) is 0.571. The number of aliphatic carboxylic acids is 1. The number of amides is 1. The molecule has 0 radical (unpaired) electrons. The molecule has 0 bridgehead atoms. The second-order valence-electron chi connectivity index (χ2n) is 6.44. The van der Waals surface area contributed by atoms with Crippen LogP contribution in [0.3, 0.4) is 0 Å². The number of carboxylic acid groups (broad SMARTS) is 1. The molecule has 1 saturated heterocycles. The molecule has 2 aliphatic rings. The molecule has 1 heterocycles. The smallest absolute Gasteiger partial charge is 0.408 e. The van der Waals surface area contributed by atoms with Crippen LogP contribution >= 0.6 is 0 Å². The van der Waals surface area contributed by atoms with Crippen molar-refractivity contribution in [1.29, 1.82) is 0 Å². The van der Waals surface area contributed by atoms with Gasteiger partial charge in [-0.05, 0) is 22.3 Å². The van der Waals surface area contributed by atoms with Gasteiger partial charge in [0.1, 0.15) is 6.61 Å².